The summed E-state index contributed by atoms with van der Waals surface area (Å²) in [6.07, 6.45) is 1.33. The Kier molecular flexibility index (Phi) is 3.50. The average molecular weight is 346 g/mol. The summed E-state index contributed by atoms with van der Waals surface area (Å²) in [5, 5.41) is 0.0114. The number of anilines is 1. The highest BCUT2D eigenvalue weighted by Crippen LogP contribution is 2.26. The SMILES string of the molecule is NC1CN(c2nc3c(cc2F)c(=O)ccn3-c2ccc(F)cc2F)C1. The lowest BCUT2D eigenvalue weighted by Crippen LogP contribution is -2.56. The summed E-state index contributed by atoms with van der Waals surface area (Å²) >= 11 is 0. The highest BCUT2D eigenvalue weighted by molar-refractivity contribution is 5.79. The lowest BCUT2D eigenvalue weighted by molar-refractivity contribution is 0.499. The largest absolute Gasteiger partial charge is 0.351 e. The second kappa shape index (κ2) is 5.59. The molecule has 1 aliphatic rings. The zero-order chi connectivity index (χ0) is 17.7. The second-order valence-corrected chi connectivity index (χ2v) is 5.98. The van der Waals surface area contributed by atoms with Crippen LogP contribution in [0.15, 0.2) is 41.3 Å². The van der Waals surface area contributed by atoms with Crippen LogP contribution in [-0.2, 0) is 0 Å². The molecule has 4 rings (SSSR count). The molecule has 3 heterocycles. The van der Waals surface area contributed by atoms with Gasteiger partial charge in [0.2, 0.25) is 0 Å². The summed E-state index contributed by atoms with van der Waals surface area (Å²) in [6.45, 7) is 0.884. The Hall–Kier alpha value is -2.87. The fourth-order valence-electron chi connectivity index (χ4n) is 2.92. The molecule has 3 aromatic rings. The Bertz CT molecular complexity index is 1040. The van der Waals surface area contributed by atoms with E-state index >= 15 is 0 Å². The molecule has 0 saturated carbocycles. The summed E-state index contributed by atoms with van der Waals surface area (Å²) in [5.41, 5.74) is 5.38. The van der Waals surface area contributed by atoms with Crippen molar-refractivity contribution in [3.63, 3.8) is 0 Å². The monoisotopic (exact) mass is 346 g/mol. The number of halogens is 3. The van der Waals surface area contributed by atoms with Gasteiger partial charge in [0.25, 0.3) is 0 Å². The van der Waals surface area contributed by atoms with E-state index in [1.54, 1.807) is 4.90 Å². The molecule has 128 valence electrons. The number of pyridine rings is 2. The third kappa shape index (κ3) is 2.54. The van der Waals surface area contributed by atoms with Crippen LogP contribution in [0.5, 0.6) is 0 Å². The van der Waals surface area contributed by atoms with Crippen LogP contribution in [0.2, 0.25) is 0 Å². The molecule has 8 heteroatoms. The normalized spacial score (nSPS) is 14.8. The number of rotatable bonds is 2. The number of fused-ring (bicyclic) bond motifs is 1. The third-order valence-electron chi connectivity index (χ3n) is 4.18. The minimum Gasteiger partial charge on any atom is -0.351 e. The zero-order valence-electron chi connectivity index (χ0n) is 12.9. The van der Waals surface area contributed by atoms with Gasteiger partial charge in [-0.05, 0) is 18.2 Å². The van der Waals surface area contributed by atoms with Gasteiger partial charge < -0.3 is 10.6 Å². The smallest absolute Gasteiger partial charge is 0.191 e. The first-order valence-corrected chi connectivity index (χ1v) is 7.62. The van der Waals surface area contributed by atoms with E-state index in [0.29, 0.717) is 13.1 Å². The van der Waals surface area contributed by atoms with Gasteiger partial charge >= 0.3 is 0 Å². The molecule has 1 fully saturated rings. The van der Waals surface area contributed by atoms with Crippen molar-refractivity contribution >= 4 is 16.9 Å². The zero-order valence-corrected chi connectivity index (χ0v) is 12.9. The number of benzene rings is 1. The van der Waals surface area contributed by atoms with Crippen LogP contribution in [-0.4, -0.2) is 28.7 Å². The number of nitrogens with zero attached hydrogens (tertiary/aromatic N) is 3. The van der Waals surface area contributed by atoms with Crippen LogP contribution in [0, 0.1) is 17.5 Å². The molecule has 0 radical (unpaired) electrons. The van der Waals surface area contributed by atoms with Crippen LogP contribution in [0.3, 0.4) is 0 Å². The molecule has 0 atom stereocenters. The lowest BCUT2D eigenvalue weighted by Gasteiger charge is -2.38. The fraction of sp³-hybridized carbons (Fsp3) is 0.176. The molecule has 1 aromatic carbocycles. The Labute approximate surface area is 140 Å². The molecule has 0 bridgehead atoms. The molecule has 0 aliphatic carbocycles. The molecule has 2 N–H and O–H groups in total. The minimum atomic E-state index is -0.816. The van der Waals surface area contributed by atoms with Crippen LogP contribution < -0.4 is 16.1 Å². The van der Waals surface area contributed by atoms with E-state index in [1.807, 2.05) is 0 Å². The summed E-state index contributed by atoms with van der Waals surface area (Å²) in [7, 11) is 0. The Morgan fingerprint density at radius 1 is 1.08 bits per heavy atom. The summed E-state index contributed by atoms with van der Waals surface area (Å²) in [5.74, 6) is -2.13. The van der Waals surface area contributed by atoms with Gasteiger partial charge in [-0.3, -0.25) is 9.36 Å². The van der Waals surface area contributed by atoms with E-state index in [1.165, 1.54) is 22.9 Å². The predicted octanol–water partition coefficient (Wildman–Crippen LogP) is 1.95. The second-order valence-electron chi connectivity index (χ2n) is 5.98. The van der Waals surface area contributed by atoms with Crippen LogP contribution >= 0.6 is 0 Å². The minimum absolute atomic E-state index is 0.0109. The highest BCUT2D eigenvalue weighted by Gasteiger charge is 2.27. The van der Waals surface area contributed by atoms with Crippen molar-refractivity contribution < 1.29 is 13.2 Å². The number of nitrogens with two attached hydrogens (primary N) is 1. The van der Waals surface area contributed by atoms with Gasteiger partial charge in [0, 0.05) is 37.5 Å². The van der Waals surface area contributed by atoms with Gasteiger partial charge in [-0.25, -0.2) is 18.2 Å². The van der Waals surface area contributed by atoms with E-state index in [-0.39, 0.29) is 28.6 Å². The maximum absolute atomic E-state index is 14.3. The van der Waals surface area contributed by atoms with Gasteiger partial charge in [-0.1, -0.05) is 0 Å². The van der Waals surface area contributed by atoms with Crippen molar-refractivity contribution in [2.45, 2.75) is 6.04 Å². The molecule has 25 heavy (non-hydrogen) atoms. The van der Waals surface area contributed by atoms with Crippen molar-refractivity contribution in [3.05, 3.63) is 64.2 Å². The van der Waals surface area contributed by atoms with Gasteiger partial charge in [-0.15, -0.1) is 0 Å². The molecule has 0 spiro atoms. The standard InChI is InChI=1S/C17H13F3N4O/c18-9-1-2-14(12(19)5-9)24-4-3-15(25)11-6-13(20)17(22-16(11)24)23-7-10(21)8-23/h1-6,10H,7-8,21H2. The molecular formula is C17H13F3N4O. The van der Waals surface area contributed by atoms with E-state index in [4.69, 9.17) is 5.73 Å². The van der Waals surface area contributed by atoms with Gasteiger partial charge in [0.05, 0.1) is 11.1 Å². The lowest BCUT2D eigenvalue weighted by atomic mass is 10.1. The third-order valence-corrected chi connectivity index (χ3v) is 4.18. The first-order valence-electron chi connectivity index (χ1n) is 7.62. The quantitative estimate of drug-likeness (QED) is 0.770. The van der Waals surface area contributed by atoms with Crippen LogP contribution in [0.25, 0.3) is 16.7 Å². The summed E-state index contributed by atoms with van der Waals surface area (Å²) in [4.78, 5) is 17.9. The number of aromatic nitrogens is 2. The van der Waals surface area contributed by atoms with Gasteiger partial charge in [0.1, 0.15) is 11.6 Å². The van der Waals surface area contributed by atoms with Crippen LogP contribution in [0.1, 0.15) is 0 Å². The van der Waals surface area contributed by atoms with E-state index in [0.717, 1.165) is 18.2 Å². The van der Waals surface area contributed by atoms with Crippen LogP contribution in [0.4, 0.5) is 19.0 Å². The summed E-state index contributed by atoms with van der Waals surface area (Å²) in [6, 6.07) is 5.27. The van der Waals surface area contributed by atoms with Crippen molar-refractivity contribution in [1.29, 1.82) is 0 Å². The number of hydrogen-bond acceptors (Lipinski definition) is 4. The fourth-order valence-corrected chi connectivity index (χ4v) is 2.92. The number of hydrogen-bond donors (Lipinski definition) is 1. The topological polar surface area (TPSA) is 64.2 Å². The van der Waals surface area contributed by atoms with Crippen molar-refractivity contribution in [3.8, 4) is 5.69 Å². The summed E-state index contributed by atoms with van der Waals surface area (Å²) < 4.78 is 43.0. The van der Waals surface area contributed by atoms with Gasteiger partial charge in [-0.2, -0.15) is 0 Å². The molecule has 1 aliphatic heterocycles. The molecule has 1 saturated heterocycles. The van der Waals surface area contributed by atoms with Crippen molar-refractivity contribution in [1.82, 2.24) is 9.55 Å². The Morgan fingerprint density at radius 3 is 2.52 bits per heavy atom. The average Bonchev–Trinajstić information content (AvgIpc) is 2.53. The highest BCUT2D eigenvalue weighted by atomic mass is 19.1. The maximum Gasteiger partial charge on any atom is 0.191 e. The molecular weight excluding hydrogens is 333 g/mol. The molecule has 5 nitrogen and oxygen atoms in total. The van der Waals surface area contributed by atoms with Crippen molar-refractivity contribution in [2.24, 2.45) is 5.73 Å². The molecule has 0 unspecified atom stereocenters. The van der Waals surface area contributed by atoms with Crippen molar-refractivity contribution in [2.75, 3.05) is 18.0 Å². The van der Waals surface area contributed by atoms with Gasteiger partial charge in [0.15, 0.2) is 22.7 Å². The Balaban J connectivity index is 1.97. The predicted molar refractivity (Wildman–Crippen MR) is 87.4 cm³/mol. The van der Waals surface area contributed by atoms with E-state index < -0.39 is 22.9 Å². The first kappa shape index (κ1) is 15.6. The van der Waals surface area contributed by atoms with E-state index in [2.05, 4.69) is 4.98 Å². The first-order chi connectivity index (χ1) is 11.9. The maximum atomic E-state index is 14.3. The molecule has 0 amide bonds. The Morgan fingerprint density at radius 2 is 1.84 bits per heavy atom. The van der Waals surface area contributed by atoms with E-state index in [9.17, 15) is 18.0 Å². The molecule has 2 aromatic heterocycles.